The van der Waals surface area contributed by atoms with Crippen molar-refractivity contribution in [3.63, 3.8) is 0 Å². The summed E-state index contributed by atoms with van der Waals surface area (Å²) in [5.74, 6) is -0.00845. The van der Waals surface area contributed by atoms with Crippen molar-refractivity contribution in [2.75, 3.05) is 17.5 Å². The van der Waals surface area contributed by atoms with Crippen LogP contribution in [0, 0.1) is 6.92 Å². The maximum Gasteiger partial charge on any atom is 0.264 e. The van der Waals surface area contributed by atoms with Crippen molar-refractivity contribution in [3.8, 4) is 5.75 Å². The predicted octanol–water partition coefficient (Wildman–Crippen LogP) is 4.50. The molecule has 0 heterocycles. The predicted molar refractivity (Wildman–Crippen MR) is 133 cm³/mol. The molecule has 0 spiro atoms. The lowest BCUT2D eigenvalue weighted by Gasteiger charge is -2.24. The SMILES string of the molecule is CCOc1ccc(S(=O)(=O)N(CC(=O)N/N=C\c2ccccc2Br)c2ccc(C)cc2)cc1. The number of amides is 1. The number of halogens is 1. The summed E-state index contributed by atoms with van der Waals surface area (Å²) in [5, 5.41) is 3.96. The van der Waals surface area contributed by atoms with Gasteiger partial charge in [0.1, 0.15) is 12.3 Å². The summed E-state index contributed by atoms with van der Waals surface area (Å²) >= 11 is 3.41. The smallest absolute Gasteiger partial charge is 0.264 e. The number of hydrogen-bond donors (Lipinski definition) is 1. The van der Waals surface area contributed by atoms with Crippen LogP contribution in [0.4, 0.5) is 5.69 Å². The largest absolute Gasteiger partial charge is 0.494 e. The van der Waals surface area contributed by atoms with E-state index in [0.717, 1.165) is 19.9 Å². The van der Waals surface area contributed by atoms with Gasteiger partial charge in [0.25, 0.3) is 15.9 Å². The highest BCUT2D eigenvalue weighted by atomic mass is 79.9. The number of sulfonamides is 1. The molecule has 0 saturated heterocycles. The molecule has 0 unspecified atom stereocenters. The van der Waals surface area contributed by atoms with E-state index in [0.29, 0.717) is 18.0 Å². The van der Waals surface area contributed by atoms with Crippen molar-refractivity contribution in [2.45, 2.75) is 18.7 Å². The van der Waals surface area contributed by atoms with Crippen molar-refractivity contribution in [3.05, 3.63) is 88.4 Å². The number of ether oxygens (including phenoxy) is 1. The summed E-state index contributed by atoms with van der Waals surface area (Å²) in [7, 11) is -4.02. The number of hydrogen-bond acceptors (Lipinski definition) is 5. The van der Waals surface area contributed by atoms with Crippen LogP contribution in [0.2, 0.25) is 0 Å². The highest BCUT2D eigenvalue weighted by Crippen LogP contribution is 2.25. The van der Waals surface area contributed by atoms with E-state index in [2.05, 4.69) is 26.5 Å². The minimum atomic E-state index is -4.02. The molecule has 0 aliphatic rings. The average molecular weight is 530 g/mol. The van der Waals surface area contributed by atoms with Crippen LogP contribution in [0.25, 0.3) is 0 Å². The first kappa shape index (κ1) is 24.5. The molecule has 3 aromatic rings. The molecule has 7 nitrogen and oxygen atoms in total. The van der Waals surface area contributed by atoms with Gasteiger partial charge < -0.3 is 4.74 Å². The third kappa shape index (κ3) is 6.43. The average Bonchev–Trinajstić information content (AvgIpc) is 2.80. The fourth-order valence-electron chi connectivity index (χ4n) is 2.95. The maximum absolute atomic E-state index is 13.4. The molecule has 0 fully saturated rings. The van der Waals surface area contributed by atoms with Gasteiger partial charge in [-0.25, -0.2) is 13.8 Å². The zero-order chi connectivity index (χ0) is 23.8. The Bertz CT molecular complexity index is 1230. The molecule has 3 rings (SSSR count). The number of anilines is 1. The fourth-order valence-corrected chi connectivity index (χ4v) is 4.76. The Kier molecular flexibility index (Phi) is 8.24. The second-order valence-corrected chi connectivity index (χ2v) is 9.78. The molecule has 172 valence electrons. The van der Waals surface area contributed by atoms with E-state index in [4.69, 9.17) is 4.74 Å². The Balaban J connectivity index is 1.84. The topological polar surface area (TPSA) is 88.1 Å². The molecule has 9 heteroatoms. The second kappa shape index (κ2) is 11.1. The number of hydrazone groups is 1. The third-order valence-electron chi connectivity index (χ3n) is 4.63. The molecule has 0 aromatic heterocycles. The second-order valence-electron chi connectivity index (χ2n) is 7.07. The molecule has 1 amide bonds. The van der Waals surface area contributed by atoms with E-state index < -0.39 is 22.5 Å². The minimum absolute atomic E-state index is 0.0519. The van der Waals surface area contributed by atoms with E-state index in [1.165, 1.54) is 18.3 Å². The normalized spacial score (nSPS) is 11.4. The van der Waals surface area contributed by atoms with E-state index >= 15 is 0 Å². The molecular formula is C24H24BrN3O4S. The summed E-state index contributed by atoms with van der Waals surface area (Å²) < 4.78 is 34.1. The molecule has 0 aliphatic heterocycles. The molecule has 0 aliphatic carbocycles. The third-order valence-corrected chi connectivity index (χ3v) is 7.14. The van der Waals surface area contributed by atoms with E-state index in [9.17, 15) is 13.2 Å². The summed E-state index contributed by atoms with van der Waals surface area (Å²) in [6.45, 7) is 3.79. The number of nitrogens with one attached hydrogen (secondary N) is 1. The number of rotatable bonds is 9. The van der Waals surface area contributed by atoms with Gasteiger partial charge in [-0.05, 0) is 56.3 Å². The van der Waals surface area contributed by atoms with Crippen LogP contribution >= 0.6 is 15.9 Å². The molecule has 1 N–H and O–H groups in total. The Morgan fingerprint density at radius 2 is 1.73 bits per heavy atom. The quantitative estimate of drug-likeness (QED) is 0.326. The lowest BCUT2D eigenvalue weighted by molar-refractivity contribution is -0.119. The number of carbonyl (C=O) groups excluding carboxylic acids is 1. The molecule has 0 radical (unpaired) electrons. The highest BCUT2D eigenvalue weighted by Gasteiger charge is 2.27. The van der Waals surface area contributed by atoms with Crippen molar-refractivity contribution in [1.29, 1.82) is 0 Å². The summed E-state index contributed by atoms with van der Waals surface area (Å²) in [6.07, 6.45) is 1.49. The zero-order valence-electron chi connectivity index (χ0n) is 18.2. The summed E-state index contributed by atoms with van der Waals surface area (Å²) in [5.41, 5.74) is 4.52. The molecule has 0 atom stereocenters. The van der Waals surface area contributed by atoms with Crippen molar-refractivity contribution < 1.29 is 17.9 Å². The standard InChI is InChI=1S/C24H24BrN3O4S/c1-3-32-21-12-14-22(15-13-21)33(30,31)28(20-10-8-18(2)9-11-20)17-24(29)27-26-16-19-6-4-5-7-23(19)25/h4-16H,3,17H2,1-2H3,(H,27,29)/b26-16-. The van der Waals surface area contributed by atoms with Gasteiger partial charge in [-0.1, -0.05) is 51.8 Å². The molecule has 0 saturated carbocycles. The van der Waals surface area contributed by atoms with Crippen LogP contribution in [0.1, 0.15) is 18.1 Å². The Labute approximate surface area is 202 Å². The van der Waals surface area contributed by atoms with Crippen LogP contribution in [0.15, 0.2) is 87.3 Å². The summed E-state index contributed by atoms with van der Waals surface area (Å²) in [6, 6.07) is 20.4. The highest BCUT2D eigenvalue weighted by molar-refractivity contribution is 9.10. The van der Waals surface area contributed by atoms with Crippen LogP contribution in [-0.2, 0) is 14.8 Å². The first-order chi connectivity index (χ1) is 15.8. The van der Waals surface area contributed by atoms with Crippen LogP contribution < -0.4 is 14.5 Å². The van der Waals surface area contributed by atoms with E-state index in [-0.39, 0.29) is 4.90 Å². The first-order valence-electron chi connectivity index (χ1n) is 10.2. The zero-order valence-corrected chi connectivity index (χ0v) is 20.6. The number of benzene rings is 3. The van der Waals surface area contributed by atoms with Crippen molar-refractivity contribution in [2.24, 2.45) is 5.10 Å². The lowest BCUT2D eigenvalue weighted by Crippen LogP contribution is -2.39. The van der Waals surface area contributed by atoms with Gasteiger partial charge >= 0.3 is 0 Å². The monoisotopic (exact) mass is 529 g/mol. The van der Waals surface area contributed by atoms with Crippen LogP contribution in [-0.4, -0.2) is 33.7 Å². The van der Waals surface area contributed by atoms with Gasteiger partial charge in [-0.3, -0.25) is 9.10 Å². The molecule has 3 aromatic carbocycles. The molecule has 33 heavy (non-hydrogen) atoms. The van der Waals surface area contributed by atoms with Gasteiger partial charge in [0, 0.05) is 10.0 Å². The van der Waals surface area contributed by atoms with Crippen LogP contribution in [0.3, 0.4) is 0 Å². The van der Waals surface area contributed by atoms with Crippen LogP contribution in [0.5, 0.6) is 5.75 Å². The fraction of sp³-hybridized carbons (Fsp3) is 0.167. The lowest BCUT2D eigenvalue weighted by atomic mass is 10.2. The first-order valence-corrected chi connectivity index (χ1v) is 12.4. The van der Waals surface area contributed by atoms with E-state index in [1.807, 2.05) is 38.1 Å². The molecule has 0 bridgehead atoms. The van der Waals surface area contributed by atoms with Gasteiger partial charge in [0.15, 0.2) is 0 Å². The Morgan fingerprint density at radius 3 is 2.36 bits per heavy atom. The van der Waals surface area contributed by atoms with Gasteiger partial charge in [-0.15, -0.1) is 0 Å². The van der Waals surface area contributed by atoms with Gasteiger partial charge in [0.05, 0.1) is 23.4 Å². The van der Waals surface area contributed by atoms with Crippen molar-refractivity contribution in [1.82, 2.24) is 5.43 Å². The summed E-state index contributed by atoms with van der Waals surface area (Å²) in [4.78, 5) is 12.7. The van der Waals surface area contributed by atoms with Crippen molar-refractivity contribution >= 4 is 43.8 Å². The molecular weight excluding hydrogens is 506 g/mol. The number of nitrogens with zero attached hydrogens (tertiary/aromatic N) is 2. The Morgan fingerprint density at radius 1 is 1.06 bits per heavy atom. The van der Waals surface area contributed by atoms with Gasteiger partial charge in [-0.2, -0.15) is 5.10 Å². The van der Waals surface area contributed by atoms with Gasteiger partial charge in [0.2, 0.25) is 0 Å². The number of aryl methyl sites for hydroxylation is 1. The van der Waals surface area contributed by atoms with E-state index in [1.54, 1.807) is 36.4 Å². The minimum Gasteiger partial charge on any atom is -0.494 e. The maximum atomic E-state index is 13.4. The Hall–Kier alpha value is -3.17. The number of carbonyl (C=O) groups is 1.